The maximum atomic E-state index is 11.6. The van der Waals surface area contributed by atoms with E-state index in [1.165, 1.54) is 0 Å². The van der Waals surface area contributed by atoms with Gasteiger partial charge in [-0.1, -0.05) is 6.92 Å². The lowest BCUT2D eigenvalue weighted by Gasteiger charge is -2.36. The Morgan fingerprint density at radius 1 is 1.60 bits per heavy atom. The zero-order valence-corrected chi connectivity index (χ0v) is 9.90. The lowest BCUT2D eigenvalue weighted by atomic mass is 9.87. The van der Waals surface area contributed by atoms with Crippen molar-refractivity contribution in [2.75, 3.05) is 19.6 Å². The fourth-order valence-electron chi connectivity index (χ4n) is 1.90. The molecule has 4 nitrogen and oxygen atoms in total. The van der Waals surface area contributed by atoms with Crippen LogP contribution >= 0.6 is 0 Å². The third-order valence-electron chi connectivity index (χ3n) is 3.01. The van der Waals surface area contributed by atoms with Gasteiger partial charge < -0.3 is 15.4 Å². The zero-order valence-electron chi connectivity index (χ0n) is 9.90. The number of amides is 1. The van der Waals surface area contributed by atoms with Crippen LogP contribution in [0.2, 0.25) is 0 Å². The van der Waals surface area contributed by atoms with Gasteiger partial charge in [0.15, 0.2) is 0 Å². The molecule has 1 saturated heterocycles. The van der Waals surface area contributed by atoms with E-state index in [9.17, 15) is 4.79 Å². The molecule has 0 aromatic rings. The molecular formula is C11H22N2O2. The molecule has 1 aliphatic rings. The van der Waals surface area contributed by atoms with Crippen molar-refractivity contribution in [2.45, 2.75) is 33.3 Å². The standard InChI is InChI=1S/C11H22N2O2/c1-8(2)15-11(14)13-5-4-9(3)10(6-12)7-13/h8-10H,4-7,12H2,1-3H3. The van der Waals surface area contributed by atoms with Crippen molar-refractivity contribution in [3.63, 3.8) is 0 Å². The molecule has 15 heavy (non-hydrogen) atoms. The molecule has 88 valence electrons. The monoisotopic (exact) mass is 214 g/mol. The maximum absolute atomic E-state index is 11.6. The lowest BCUT2D eigenvalue weighted by Crippen LogP contribution is -2.46. The van der Waals surface area contributed by atoms with Gasteiger partial charge in [0.1, 0.15) is 0 Å². The summed E-state index contributed by atoms with van der Waals surface area (Å²) in [6, 6.07) is 0. The Balaban J connectivity index is 2.47. The summed E-state index contributed by atoms with van der Waals surface area (Å²) in [5, 5.41) is 0. The number of hydrogen-bond donors (Lipinski definition) is 1. The van der Waals surface area contributed by atoms with Crippen molar-refractivity contribution >= 4 is 6.09 Å². The van der Waals surface area contributed by atoms with Crippen LogP contribution in [0.3, 0.4) is 0 Å². The molecule has 0 aliphatic carbocycles. The van der Waals surface area contributed by atoms with E-state index in [0.717, 1.165) is 19.5 Å². The van der Waals surface area contributed by atoms with Crippen LogP contribution in [0.15, 0.2) is 0 Å². The summed E-state index contributed by atoms with van der Waals surface area (Å²) in [6.45, 7) is 8.11. The molecule has 4 heteroatoms. The van der Waals surface area contributed by atoms with Crippen molar-refractivity contribution < 1.29 is 9.53 Å². The first kappa shape index (κ1) is 12.3. The van der Waals surface area contributed by atoms with Gasteiger partial charge in [-0.3, -0.25) is 0 Å². The fraction of sp³-hybridized carbons (Fsp3) is 0.909. The average molecular weight is 214 g/mol. The van der Waals surface area contributed by atoms with Crippen molar-refractivity contribution in [3.8, 4) is 0 Å². The van der Waals surface area contributed by atoms with E-state index in [4.69, 9.17) is 10.5 Å². The molecule has 0 bridgehead atoms. The summed E-state index contributed by atoms with van der Waals surface area (Å²) in [6.07, 6.45) is 0.776. The van der Waals surface area contributed by atoms with Crippen LogP contribution in [-0.2, 0) is 4.74 Å². The first-order chi connectivity index (χ1) is 7.04. The highest BCUT2D eigenvalue weighted by molar-refractivity contribution is 5.67. The highest BCUT2D eigenvalue weighted by Gasteiger charge is 2.28. The van der Waals surface area contributed by atoms with E-state index in [1.807, 2.05) is 13.8 Å². The van der Waals surface area contributed by atoms with Crippen LogP contribution in [0.1, 0.15) is 27.2 Å². The van der Waals surface area contributed by atoms with Crippen LogP contribution < -0.4 is 5.73 Å². The molecule has 1 fully saturated rings. The topological polar surface area (TPSA) is 55.6 Å². The number of ether oxygens (including phenoxy) is 1. The van der Waals surface area contributed by atoms with Crippen molar-refractivity contribution in [1.82, 2.24) is 4.90 Å². The van der Waals surface area contributed by atoms with E-state index in [-0.39, 0.29) is 12.2 Å². The first-order valence-electron chi connectivity index (χ1n) is 5.70. The van der Waals surface area contributed by atoms with Gasteiger partial charge in [-0.15, -0.1) is 0 Å². The molecule has 2 N–H and O–H groups in total. The highest BCUT2D eigenvalue weighted by Crippen LogP contribution is 2.22. The van der Waals surface area contributed by atoms with Gasteiger partial charge in [0.2, 0.25) is 0 Å². The van der Waals surface area contributed by atoms with E-state index >= 15 is 0 Å². The Hall–Kier alpha value is -0.770. The Morgan fingerprint density at radius 3 is 2.80 bits per heavy atom. The molecule has 2 atom stereocenters. The summed E-state index contributed by atoms with van der Waals surface area (Å²) in [5.41, 5.74) is 5.68. The van der Waals surface area contributed by atoms with Gasteiger partial charge in [0, 0.05) is 13.1 Å². The minimum Gasteiger partial charge on any atom is -0.447 e. The second-order valence-corrected chi connectivity index (χ2v) is 4.64. The van der Waals surface area contributed by atoms with E-state index in [2.05, 4.69) is 6.92 Å². The van der Waals surface area contributed by atoms with Gasteiger partial charge in [-0.25, -0.2) is 4.79 Å². The van der Waals surface area contributed by atoms with Crippen LogP contribution in [-0.4, -0.2) is 36.7 Å². The molecule has 0 aromatic heterocycles. The molecule has 0 saturated carbocycles. The van der Waals surface area contributed by atoms with Crippen molar-refractivity contribution in [1.29, 1.82) is 0 Å². The number of piperidine rings is 1. The Kier molecular flexibility index (Phi) is 4.39. The van der Waals surface area contributed by atoms with Gasteiger partial charge in [0.05, 0.1) is 6.10 Å². The maximum Gasteiger partial charge on any atom is 0.410 e. The van der Waals surface area contributed by atoms with Crippen molar-refractivity contribution in [3.05, 3.63) is 0 Å². The Morgan fingerprint density at radius 2 is 2.27 bits per heavy atom. The third kappa shape index (κ3) is 3.38. The van der Waals surface area contributed by atoms with Crippen LogP contribution in [0.25, 0.3) is 0 Å². The molecule has 0 spiro atoms. The quantitative estimate of drug-likeness (QED) is 0.757. The second kappa shape index (κ2) is 5.35. The number of rotatable bonds is 2. The molecule has 0 aromatic carbocycles. The van der Waals surface area contributed by atoms with Gasteiger partial charge in [-0.2, -0.15) is 0 Å². The lowest BCUT2D eigenvalue weighted by molar-refractivity contribution is 0.0542. The van der Waals surface area contributed by atoms with Gasteiger partial charge in [-0.05, 0) is 38.6 Å². The average Bonchev–Trinajstić information content (AvgIpc) is 2.17. The number of nitrogens with zero attached hydrogens (tertiary/aromatic N) is 1. The van der Waals surface area contributed by atoms with E-state index in [1.54, 1.807) is 4.90 Å². The summed E-state index contributed by atoms with van der Waals surface area (Å²) < 4.78 is 5.16. The van der Waals surface area contributed by atoms with Crippen LogP contribution in [0, 0.1) is 11.8 Å². The fourth-order valence-corrected chi connectivity index (χ4v) is 1.90. The molecule has 0 radical (unpaired) electrons. The predicted octanol–water partition coefficient (Wildman–Crippen LogP) is 1.45. The molecule has 1 aliphatic heterocycles. The second-order valence-electron chi connectivity index (χ2n) is 4.64. The van der Waals surface area contributed by atoms with E-state index < -0.39 is 0 Å². The van der Waals surface area contributed by atoms with Gasteiger partial charge in [0.25, 0.3) is 0 Å². The Bertz CT molecular complexity index is 219. The Labute approximate surface area is 91.8 Å². The van der Waals surface area contributed by atoms with E-state index in [0.29, 0.717) is 18.4 Å². The number of nitrogens with two attached hydrogens (primary N) is 1. The molecule has 1 rings (SSSR count). The summed E-state index contributed by atoms with van der Waals surface area (Å²) >= 11 is 0. The largest absolute Gasteiger partial charge is 0.447 e. The summed E-state index contributed by atoms with van der Waals surface area (Å²) in [5.74, 6) is 1.02. The summed E-state index contributed by atoms with van der Waals surface area (Å²) in [7, 11) is 0. The smallest absolute Gasteiger partial charge is 0.410 e. The highest BCUT2D eigenvalue weighted by atomic mass is 16.6. The number of likely N-dealkylation sites (tertiary alicyclic amines) is 1. The first-order valence-corrected chi connectivity index (χ1v) is 5.70. The predicted molar refractivity (Wildman–Crippen MR) is 59.5 cm³/mol. The molecular weight excluding hydrogens is 192 g/mol. The third-order valence-corrected chi connectivity index (χ3v) is 3.01. The summed E-state index contributed by atoms with van der Waals surface area (Å²) in [4.78, 5) is 13.4. The minimum atomic E-state index is -0.199. The number of carbonyl (C=O) groups excluding carboxylic acids is 1. The molecule has 2 unspecified atom stereocenters. The normalized spacial score (nSPS) is 26.9. The van der Waals surface area contributed by atoms with Crippen LogP contribution in [0.5, 0.6) is 0 Å². The van der Waals surface area contributed by atoms with Crippen molar-refractivity contribution in [2.24, 2.45) is 17.6 Å². The number of hydrogen-bond acceptors (Lipinski definition) is 3. The minimum absolute atomic E-state index is 0.0480. The van der Waals surface area contributed by atoms with Gasteiger partial charge >= 0.3 is 6.09 Å². The number of carbonyl (C=O) groups is 1. The zero-order chi connectivity index (χ0) is 11.4. The molecule has 1 heterocycles. The van der Waals surface area contributed by atoms with Crippen LogP contribution in [0.4, 0.5) is 4.79 Å². The SMILES string of the molecule is CC(C)OC(=O)N1CCC(C)C(CN)C1. The molecule has 1 amide bonds.